The van der Waals surface area contributed by atoms with Gasteiger partial charge < -0.3 is 19.4 Å². The van der Waals surface area contributed by atoms with Crippen LogP contribution in [0.2, 0.25) is 0 Å². The van der Waals surface area contributed by atoms with Gasteiger partial charge in [0.05, 0.1) is 5.56 Å². The Balaban J connectivity index is 0.000000221. The van der Waals surface area contributed by atoms with Gasteiger partial charge in [0.15, 0.2) is 11.5 Å². The topological polar surface area (TPSA) is 114 Å². The normalized spacial score (nSPS) is 14.6. The fourth-order valence-corrected chi connectivity index (χ4v) is 2.35. The molecule has 0 spiro atoms. The molecule has 2 heterocycles. The van der Waals surface area contributed by atoms with E-state index in [1.165, 1.54) is 18.5 Å². The first-order valence-corrected chi connectivity index (χ1v) is 8.51. The first-order valence-electron chi connectivity index (χ1n) is 8.51. The minimum absolute atomic E-state index is 0.185. The van der Waals surface area contributed by atoms with Gasteiger partial charge in [0.1, 0.15) is 11.9 Å². The van der Waals surface area contributed by atoms with Crippen LogP contribution in [-0.2, 0) is 0 Å². The van der Waals surface area contributed by atoms with Crippen LogP contribution >= 0.6 is 0 Å². The first kappa shape index (κ1) is 18.7. The smallest absolute Gasteiger partial charge is 0.273 e. The van der Waals surface area contributed by atoms with Gasteiger partial charge in [-0.25, -0.2) is 4.39 Å². The van der Waals surface area contributed by atoms with E-state index in [2.05, 4.69) is 25.1 Å². The number of halogens is 1. The number of carbonyl (C=O) groups excluding carboxylic acids is 1. The number of benzene rings is 1. The third kappa shape index (κ3) is 4.76. The molecule has 4 rings (SSSR count). The van der Waals surface area contributed by atoms with Crippen LogP contribution < -0.4 is 5.32 Å². The Hall–Kier alpha value is -3.07. The van der Waals surface area contributed by atoms with E-state index in [0.717, 1.165) is 19.3 Å². The molecule has 2 N–H and O–H groups in total. The van der Waals surface area contributed by atoms with Gasteiger partial charge in [0.2, 0.25) is 12.3 Å². The predicted octanol–water partition coefficient (Wildman–Crippen LogP) is 2.89. The van der Waals surface area contributed by atoms with Gasteiger partial charge in [-0.15, -0.1) is 10.2 Å². The summed E-state index contributed by atoms with van der Waals surface area (Å²) in [4.78, 5) is 11.9. The van der Waals surface area contributed by atoms with Gasteiger partial charge >= 0.3 is 0 Å². The van der Waals surface area contributed by atoms with Crippen LogP contribution in [0.25, 0.3) is 11.3 Å². The number of amides is 1. The Morgan fingerprint density at radius 2 is 2.15 bits per heavy atom. The van der Waals surface area contributed by atoms with Crippen LogP contribution in [0.5, 0.6) is 0 Å². The molecule has 2 aromatic heterocycles. The van der Waals surface area contributed by atoms with Gasteiger partial charge in [-0.3, -0.25) is 4.79 Å². The Morgan fingerprint density at radius 3 is 2.70 bits per heavy atom. The van der Waals surface area contributed by atoms with Crippen molar-refractivity contribution in [2.45, 2.75) is 38.3 Å². The highest BCUT2D eigenvalue weighted by molar-refractivity contribution is 5.93. The van der Waals surface area contributed by atoms with Crippen molar-refractivity contribution < 1.29 is 23.2 Å². The number of nitrogens with zero attached hydrogens (tertiary/aromatic N) is 3. The summed E-state index contributed by atoms with van der Waals surface area (Å²) in [6, 6.07) is 7.93. The number of aliphatic hydroxyl groups is 1. The molecule has 1 atom stereocenters. The van der Waals surface area contributed by atoms with Crippen molar-refractivity contribution in [1.82, 2.24) is 20.7 Å². The van der Waals surface area contributed by atoms with Gasteiger partial charge in [0.25, 0.3) is 5.91 Å². The van der Waals surface area contributed by atoms with Crippen molar-refractivity contribution in [2.24, 2.45) is 0 Å². The average molecular weight is 374 g/mol. The van der Waals surface area contributed by atoms with Crippen molar-refractivity contribution in [3.8, 4) is 11.3 Å². The fraction of sp³-hybridized carbons (Fsp3) is 0.333. The summed E-state index contributed by atoms with van der Waals surface area (Å²) in [5.41, 5.74) is 0.489. The summed E-state index contributed by atoms with van der Waals surface area (Å²) in [6.07, 6.45) is 3.68. The molecule has 1 aliphatic carbocycles. The van der Waals surface area contributed by atoms with Gasteiger partial charge in [-0.2, -0.15) is 0 Å². The predicted molar refractivity (Wildman–Crippen MR) is 91.9 cm³/mol. The highest BCUT2D eigenvalue weighted by Crippen LogP contribution is 2.24. The summed E-state index contributed by atoms with van der Waals surface area (Å²) in [5, 5.41) is 22.1. The molecule has 27 heavy (non-hydrogen) atoms. The summed E-state index contributed by atoms with van der Waals surface area (Å²) in [7, 11) is 0. The molecule has 1 aromatic carbocycles. The van der Waals surface area contributed by atoms with Crippen LogP contribution in [0.15, 0.2) is 45.7 Å². The second-order valence-corrected chi connectivity index (χ2v) is 6.11. The van der Waals surface area contributed by atoms with E-state index in [4.69, 9.17) is 9.63 Å². The van der Waals surface area contributed by atoms with Crippen molar-refractivity contribution in [2.75, 3.05) is 0 Å². The van der Waals surface area contributed by atoms with E-state index in [9.17, 15) is 9.18 Å². The van der Waals surface area contributed by atoms with Crippen molar-refractivity contribution in [1.29, 1.82) is 0 Å². The molecule has 1 aliphatic rings. The van der Waals surface area contributed by atoms with Gasteiger partial charge in [-0.1, -0.05) is 17.3 Å². The number of aromatic nitrogens is 3. The molecule has 1 unspecified atom stereocenters. The Kier molecular flexibility index (Phi) is 5.92. The van der Waals surface area contributed by atoms with E-state index in [0.29, 0.717) is 5.56 Å². The minimum atomic E-state index is -0.655. The zero-order valence-electron chi connectivity index (χ0n) is 14.6. The lowest BCUT2D eigenvalue weighted by Crippen LogP contribution is -2.39. The minimum Gasteiger partial charge on any atom is -0.425 e. The van der Waals surface area contributed by atoms with E-state index < -0.39 is 11.9 Å². The van der Waals surface area contributed by atoms with E-state index in [1.54, 1.807) is 25.1 Å². The zero-order chi connectivity index (χ0) is 19.2. The van der Waals surface area contributed by atoms with Crippen LogP contribution in [0.4, 0.5) is 4.39 Å². The van der Waals surface area contributed by atoms with Crippen molar-refractivity contribution >= 4 is 5.91 Å². The number of carbonyl (C=O) groups is 1. The van der Waals surface area contributed by atoms with E-state index >= 15 is 0 Å². The quantitative estimate of drug-likeness (QED) is 0.721. The lowest BCUT2D eigenvalue weighted by atomic mass is 9.93. The van der Waals surface area contributed by atoms with E-state index in [1.807, 2.05) is 0 Å². The summed E-state index contributed by atoms with van der Waals surface area (Å²) in [6.45, 7) is 1.56. The maximum atomic E-state index is 13.6. The third-order valence-electron chi connectivity index (χ3n) is 4.06. The first-order chi connectivity index (χ1) is 13.0. The van der Waals surface area contributed by atoms with Crippen LogP contribution in [0.3, 0.4) is 0 Å². The second kappa shape index (κ2) is 8.54. The fourth-order valence-electron chi connectivity index (χ4n) is 2.35. The lowest BCUT2D eigenvalue weighted by molar-refractivity contribution is 0.0908. The molecular weight excluding hydrogens is 355 g/mol. The van der Waals surface area contributed by atoms with Crippen LogP contribution in [-0.4, -0.2) is 32.4 Å². The largest absolute Gasteiger partial charge is 0.425 e. The molecule has 0 bridgehead atoms. The standard InChI is InChI=1S/C14H13FN2O2.C4H6N2O2/c15-11-7-2-1-6-10(11)13-8-12(17-19-13)14(18)16-9-4-3-5-9;1-3(7)4-6-5-2-8-4/h1-2,6-9H,3-5H2,(H,16,18);2-3,7H,1H3. The molecule has 1 fully saturated rings. The van der Waals surface area contributed by atoms with Crippen molar-refractivity contribution in [3.05, 3.63) is 54.1 Å². The number of nitrogens with one attached hydrogen (secondary N) is 1. The molecule has 8 nitrogen and oxygen atoms in total. The van der Waals surface area contributed by atoms with Crippen LogP contribution in [0, 0.1) is 5.82 Å². The Morgan fingerprint density at radius 1 is 1.37 bits per heavy atom. The Bertz CT molecular complexity index is 875. The molecule has 0 aliphatic heterocycles. The molecule has 0 radical (unpaired) electrons. The molecule has 9 heteroatoms. The number of aliphatic hydroxyl groups excluding tert-OH is 1. The molecular formula is C18H19FN4O4. The molecule has 1 amide bonds. The summed E-state index contributed by atoms with van der Waals surface area (Å²) >= 11 is 0. The third-order valence-corrected chi connectivity index (χ3v) is 4.06. The number of rotatable bonds is 4. The van der Waals surface area contributed by atoms with Gasteiger partial charge in [0, 0.05) is 12.1 Å². The highest BCUT2D eigenvalue weighted by atomic mass is 19.1. The van der Waals surface area contributed by atoms with Crippen molar-refractivity contribution in [3.63, 3.8) is 0 Å². The van der Waals surface area contributed by atoms with Crippen LogP contribution in [0.1, 0.15) is 48.7 Å². The second-order valence-electron chi connectivity index (χ2n) is 6.11. The van der Waals surface area contributed by atoms with E-state index in [-0.39, 0.29) is 29.3 Å². The zero-order valence-corrected chi connectivity index (χ0v) is 14.6. The van der Waals surface area contributed by atoms with Gasteiger partial charge in [-0.05, 0) is 38.3 Å². The summed E-state index contributed by atoms with van der Waals surface area (Å²) in [5.74, 6) is -0.150. The maximum absolute atomic E-state index is 13.6. The lowest BCUT2D eigenvalue weighted by Gasteiger charge is -2.25. The molecule has 1 saturated carbocycles. The summed E-state index contributed by atoms with van der Waals surface area (Å²) < 4.78 is 23.2. The molecule has 3 aromatic rings. The average Bonchev–Trinajstić information content (AvgIpc) is 3.30. The monoisotopic (exact) mass is 374 g/mol. The maximum Gasteiger partial charge on any atom is 0.273 e. The Labute approximate surface area is 154 Å². The highest BCUT2D eigenvalue weighted by Gasteiger charge is 2.22. The molecule has 0 saturated heterocycles. The SMILES string of the molecule is CC(O)c1nnco1.O=C(NC1CCC1)c1cc(-c2ccccc2F)on1. The molecule has 142 valence electrons. The number of hydrogen-bond acceptors (Lipinski definition) is 7. The number of hydrogen-bond donors (Lipinski definition) is 2.